The lowest BCUT2D eigenvalue weighted by Crippen LogP contribution is -2.42. The monoisotopic (exact) mass is 242 g/mol. The Balaban J connectivity index is 4.07. The molecule has 0 fully saturated rings. The maximum atomic E-state index is 9.99. The van der Waals surface area contributed by atoms with Gasteiger partial charge in [0.15, 0.2) is 6.29 Å². The Labute approximate surface area is 77.8 Å². The number of aliphatic hydroxyl groups excluding tert-OH is 4. The molecule has 12 heavy (non-hydrogen) atoms. The van der Waals surface area contributed by atoms with Gasteiger partial charge in [0, 0.05) is 0 Å². The molecule has 0 aliphatic carbocycles. The lowest BCUT2D eigenvalue weighted by atomic mass is 10.1. The van der Waals surface area contributed by atoms with Crippen LogP contribution < -0.4 is 0 Å². The van der Waals surface area contributed by atoms with Crippen molar-refractivity contribution >= 4 is 22.2 Å². The van der Waals surface area contributed by atoms with Crippen LogP contribution in [0.25, 0.3) is 0 Å². The summed E-state index contributed by atoms with van der Waals surface area (Å²) in [5.41, 5.74) is 0. The molecule has 0 aromatic carbocycles. The molecule has 4 N–H and O–H groups in total. The molecule has 0 radical (unpaired) electrons. The van der Waals surface area contributed by atoms with Crippen LogP contribution in [0.3, 0.4) is 0 Å². The average molecular weight is 243 g/mol. The third-order valence-electron chi connectivity index (χ3n) is 1.37. The van der Waals surface area contributed by atoms with Gasteiger partial charge in [-0.05, 0) is 0 Å². The Morgan fingerprint density at radius 2 is 1.83 bits per heavy atom. The maximum absolute atomic E-state index is 9.99. The van der Waals surface area contributed by atoms with E-state index >= 15 is 0 Å². The molecule has 0 saturated carbocycles. The van der Waals surface area contributed by atoms with Crippen molar-refractivity contribution in [1.29, 1.82) is 0 Å². The molecular weight excluding hydrogens is 232 g/mol. The Bertz CT molecular complexity index is 142. The highest BCUT2D eigenvalue weighted by Crippen LogP contribution is 2.13. The minimum atomic E-state index is -1.56. The fourth-order valence-corrected chi connectivity index (χ4v) is 1.08. The molecule has 0 bridgehead atoms. The summed E-state index contributed by atoms with van der Waals surface area (Å²) in [4.78, 5) is 9.06. The zero-order valence-corrected chi connectivity index (χ0v) is 7.75. The lowest BCUT2D eigenvalue weighted by molar-refractivity contribution is -0.121. The molecule has 0 aliphatic heterocycles. The zero-order valence-electron chi connectivity index (χ0n) is 6.17. The average Bonchev–Trinajstić information content (AvgIpc) is 2.12. The van der Waals surface area contributed by atoms with E-state index in [2.05, 4.69) is 15.9 Å². The summed E-state index contributed by atoms with van der Waals surface area (Å²) in [7, 11) is 0. The lowest BCUT2D eigenvalue weighted by Gasteiger charge is -2.22. The molecule has 0 aromatic heterocycles. The predicted octanol–water partition coefficient (Wildman–Crippen LogP) is -1.98. The van der Waals surface area contributed by atoms with E-state index in [9.17, 15) is 4.79 Å². The summed E-state index contributed by atoms with van der Waals surface area (Å²) < 4.78 is 0. The van der Waals surface area contributed by atoms with Gasteiger partial charge in [0.05, 0.1) is 17.5 Å². The number of hydrogen-bond donors (Lipinski definition) is 4. The van der Waals surface area contributed by atoms with E-state index in [1.54, 1.807) is 0 Å². The molecule has 0 rings (SSSR count). The minimum Gasteiger partial charge on any atom is -0.394 e. The normalized spacial score (nSPS) is 21.1. The molecule has 0 amide bonds. The summed E-state index contributed by atoms with van der Waals surface area (Å²) in [6, 6.07) is 0. The SMILES string of the molecule is O=C[C@H](O)[C@@H](O)[C@@H](Br)[C@H](O)CO. The number of carbonyl (C=O) groups is 1. The van der Waals surface area contributed by atoms with Gasteiger partial charge < -0.3 is 25.2 Å². The first kappa shape index (κ1) is 12.0. The Morgan fingerprint density at radius 1 is 1.33 bits per heavy atom. The molecule has 5 nitrogen and oxygen atoms in total. The quantitative estimate of drug-likeness (QED) is 0.331. The van der Waals surface area contributed by atoms with Crippen LogP contribution in [0.4, 0.5) is 0 Å². The largest absolute Gasteiger partial charge is 0.394 e. The third-order valence-corrected chi connectivity index (χ3v) is 2.52. The molecule has 0 aromatic rings. The summed E-state index contributed by atoms with van der Waals surface area (Å²) >= 11 is 2.83. The van der Waals surface area contributed by atoms with Crippen LogP contribution in [0.2, 0.25) is 0 Å². The maximum Gasteiger partial charge on any atom is 0.151 e. The Kier molecular flexibility index (Phi) is 5.60. The highest BCUT2D eigenvalue weighted by molar-refractivity contribution is 9.09. The van der Waals surface area contributed by atoms with E-state index < -0.39 is 29.7 Å². The molecule has 72 valence electrons. The van der Waals surface area contributed by atoms with Gasteiger partial charge in [0.2, 0.25) is 0 Å². The minimum absolute atomic E-state index is 0.156. The topological polar surface area (TPSA) is 98.0 Å². The Hall–Kier alpha value is -0.0100. The van der Waals surface area contributed by atoms with E-state index in [-0.39, 0.29) is 6.29 Å². The molecule has 0 saturated heterocycles. The second-order valence-corrected chi connectivity index (χ2v) is 3.37. The molecule has 4 atom stereocenters. The van der Waals surface area contributed by atoms with Crippen molar-refractivity contribution in [2.75, 3.05) is 6.61 Å². The van der Waals surface area contributed by atoms with Crippen molar-refractivity contribution in [2.45, 2.75) is 23.1 Å². The second-order valence-electron chi connectivity index (χ2n) is 2.31. The first-order valence-corrected chi connectivity index (χ1v) is 4.20. The van der Waals surface area contributed by atoms with Gasteiger partial charge in [0.1, 0.15) is 12.2 Å². The fraction of sp³-hybridized carbons (Fsp3) is 0.833. The first-order chi connectivity index (χ1) is 5.54. The smallest absolute Gasteiger partial charge is 0.151 e. The van der Waals surface area contributed by atoms with Crippen LogP contribution >= 0.6 is 15.9 Å². The van der Waals surface area contributed by atoms with E-state index in [1.807, 2.05) is 0 Å². The molecule has 0 spiro atoms. The number of rotatable bonds is 5. The zero-order chi connectivity index (χ0) is 9.72. The standard InChI is InChI=1S/C6H11BrO5/c7-5(3(10)1-8)6(12)4(11)2-9/h2-6,8,10-12H,1H2/t3-,4+,5+,6-/m1/s1. The number of alkyl halides is 1. The summed E-state index contributed by atoms with van der Waals surface area (Å²) in [6.07, 6.45) is -4.04. The van der Waals surface area contributed by atoms with Crippen LogP contribution in [0.1, 0.15) is 0 Å². The number of carbonyl (C=O) groups excluding carboxylic acids is 1. The second kappa shape index (κ2) is 5.60. The van der Waals surface area contributed by atoms with Gasteiger partial charge in [0.25, 0.3) is 0 Å². The van der Waals surface area contributed by atoms with Crippen molar-refractivity contribution in [3.05, 3.63) is 0 Å². The van der Waals surface area contributed by atoms with Gasteiger partial charge in [-0.25, -0.2) is 0 Å². The van der Waals surface area contributed by atoms with Crippen LogP contribution in [0, 0.1) is 0 Å². The highest BCUT2D eigenvalue weighted by Gasteiger charge is 2.29. The first-order valence-electron chi connectivity index (χ1n) is 3.29. The van der Waals surface area contributed by atoms with E-state index in [1.165, 1.54) is 0 Å². The van der Waals surface area contributed by atoms with Gasteiger partial charge in [-0.15, -0.1) is 0 Å². The van der Waals surface area contributed by atoms with E-state index in [0.717, 1.165) is 0 Å². The third kappa shape index (κ3) is 3.16. The molecule has 6 heteroatoms. The fourth-order valence-electron chi connectivity index (χ4n) is 0.597. The summed E-state index contributed by atoms with van der Waals surface area (Å²) in [5.74, 6) is 0. The van der Waals surface area contributed by atoms with Gasteiger partial charge in [-0.1, -0.05) is 15.9 Å². The van der Waals surface area contributed by atoms with Crippen molar-refractivity contribution in [2.24, 2.45) is 0 Å². The molecular formula is C6H11BrO5. The summed E-state index contributed by atoms with van der Waals surface area (Å²) in [5, 5.41) is 35.3. The van der Waals surface area contributed by atoms with Crippen LogP contribution in [0.15, 0.2) is 0 Å². The molecule has 0 heterocycles. The van der Waals surface area contributed by atoms with Gasteiger partial charge in [-0.3, -0.25) is 0 Å². The van der Waals surface area contributed by atoms with Crippen LogP contribution in [-0.4, -0.2) is 56.5 Å². The van der Waals surface area contributed by atoms with Crippen LogP contribution in [-0.2, 0) is 4.79 Å². The van der Waals surface area contributed by atoms with E-state index in [4.69, 9.17) is 20.4 Å². The van der Waals surface area contributed by atoms with Crippen molar-refractivity contribution in [3.63, 3.8) is 0 Å². The Morgan fingerprint density at radius 3 is 2.17 bits per heavy atom. The van der Waals surface area contributed by atoms with Crippen LogP contribution in [0.5, 0.6) is 0 Å². The number of halogens is 1. The molecule has 0 unspecified atom stereocenters. The highest BCUT2D eigenvalue weighted by atomic mass is 79.9. The van der Waals surface area contributed by atoms with Crippen molar-refractivity contribution in [3.8, 4) is 0 Å². The van der Waals surface area contributed by atoms with Gasteiger partial charge >= 0.3 is 0 Å². The van der Waals surface area contributed by atoms with Crippen molar-refractivity contribution < 1.29 is 25.2 Å². The number of aliphatic hydroxyl groups is 4. The van der Waals surface area contributed by atoms with E-state index in [0.29, 0.717) is 0 Å². The van der Waals surface area contributed by atoms with Crippen molar-refractivity contribution in [1.82, 2.24) is 0 Å². The molecule has 0 aliphatic rings. The summed E-state index contributed by atoms with van der Waals surface area (Å²) in [6.45, 7) is -0.557. The predicted molar refractivity (Wildman–Crippen MR) is 43.9 cm³/mol. The van der Waals surface area contributed by atoms with Gasteiger partial charge in [-0.2, -0.15) is 0 Å². The number of aldehydes is 1. The number of hydrogen-bond acceptors (Lipinski definition) is 5.